The van der Waals surface area contributed by atoms with Crippen LogP contribution in [0.15, 0.2) is 24.3 Å². The molecule has 0 aliphatic heterocycles. The average molecular weight is 471 g/mol. The van der Waals surface area contributed by atoms with Gasteiger partial charge in [-0.3, -0.25) is 4.79 Å². The highest BCUT2D eigenvalue weighted by molar-refractivity contribution is 6.37. The van der Waals surface area contributed by atoms with Gasteiger partial charge in [0.15, 0.2) is 11.3 Å². The SMILES string of the molecule is COC(=O)c1cc(NC(=O)c2nn3c(C(F)(F)F)cc(C)nc3c2Cl)cc(C(=O)OC)c1. The van der Waals surface area contributed by atoms with Gasteiger partial charge in [-0.15, -0.1) is 0 Å². The number of rotatable bonds is 4. The third kappa shape index (κ3) is 4.35. The van der Waals surface area contributed by atoms with Crippen LogP contribution in [0.5, 0.6) is 0 Å². The number of aryl methyl sites for hydroxylation is 1. The molecule has 0 fully saturated rings. The lowest BCUT2D eigenvalue weighted by atomic mass is 10.1. The van der Waals surface area contributed by atoms with Gasteiger partial charge in [0.05, 0.1) is 25.3 Å². The van der Waals surface area contributed by atoms with Crippen LogP contribution in [0.25, 0.3) is 5.65 Å². The number of fused-ring (bicyclic) bond motifs is 1. The molecule has 9 nitrogen and oxygen atoms in total. The highest BCUT2D eigenvalue weighted by Crippen LogP contribution is 2.32. The van der Waals surface area contributed by atoms with E-state index in [1.54, 1.807) is 0 Å². The minimum atomic E-state index is -4.78. The molecule has 0 aliphatic rings. The summed E-state index contributed by atoms with van der Waals surface area (Å²) in [4.78, 5) is 40.4. The molecule has 2 heterocycles. The molecule has 0 bridgehead atoms. The third-order valence-corrected chi connectivity index (χ3v) is 4.55. The quantitative estimate of drug-likeness (QED) is 0.580. The summed E-state index contributed by atoms with van der Waals surface area (Å²) in [6, 6.07) is 4.35. The molecule has 0 unspecified atom stereocenters. The van der Waals surface area contributed by atoms with Crippen LogP contribution < -0.4 is 5.32 Å². The summed E-state index contributed by atoms with van der Waals surface area (Å²) >= 11 is 6.10. The maximum atomic E-state index is 13.4. The van der Waals surface area contributed by atoms with E-state index in [0.29, 0.717) is 4.52 Å². The second-order valence-electron chi connectivity index (χ2n) is 6.41. The molecule has 0 saturated carbocycles. The fraction of sp³-hybridized carbons (Fsp3) is 0.211. The molecule has 0 spiro atoms. The number of carbonyl (C=O) groups excluding carboxylic acids is 3. The molecular weight excluding hydrogens is 457 g/mol. The van der Waals surface area contributed by atoms with Crippen molar-refractivity contribution >= 4 is 40.8 Å². The van der Waals surface area contributed by atoms with Crippen LogP contribution in [0.4, 0.5) is 18.9 Å². The van der Waals surface area contributed by atoms with Crippen molar-refractivity contribution < 1.29 is 37.0 Å². The number of methoxy groups -OCH3 is 2. The van der Waals surface area contributed by atoms with Crippen LogP contribution in [0.2, 0.25) is 5.02 Å². The molecule has 2 aromatic heterocycles. The molecule has 0 aliphatic carbocycles. The first-order valence-corrected chi connectivity index (χ1v) is 9.10. The number of halogens is 4. The number of nitrogens with one attached hydrogen (secondary N) is 1. The van der Waals surface area contributed by atoms with Crippen LogP contribution >= 0.6 is 11.6 Å². The summed E-state index contributed by atoms with van der Waals surface area (Å²) in [5.41, 5.74) is -2.26. The molecule has 3 aromatic rings. The largest absolute Gasteiger partial charge is 0.465 e. The average Bonchev–Trinajstić information content (AvgIpc) is 3.07. The summed E-state index contributed by atoms with van der Waals surface area (Å²) in [5, 5.41) is 5.61. The lowest BCUT2D eigenvalue weighted by Crippen LogP contribution is -2.16. The van der Waals surface area contributed by atoms with E-state index >= 15 is 0 Å². The number of amides is 1. The van der Waals surface area contributed by atoms with Gasteiger partial charge >= 0.3 is 18.1 Å². The number of carbonyl (C=O) groups is 3. The third-order valence-electron chi connectivity index (χ3n) is 4.20. The fourth-order valence-corrected chi connectivity index (χ4v) is 3.07. The van der Waals surface area contributed by atoms with E-state index in [1.165, 1.54) is 25.1 Å². The number of aromatic nitrogens is 3. The Morgan fingerprint density at radius 2 is 1.59 bits per heavy atom. The fourth-order valence-electron chi connectivity index (χ4n) is 2.82. The van der Waals surface area contributed by atoms with E-state index < -0.39 is 40.4 Å². The van der Waals surface area contributed by atoms with Crippen molar-refractivity contribution in [1.82, 2.24) is 14.6 Å². The summed E-state index contributed by atoms with van der Waals surface area (Å²) in [7, 11) is 2.24. The van der Waals surface area contributed by atoms with Crippen LogP contribution in [0.1, 0.15) is 42.6 Å². The van der Waals surface area contributed by atoms with Crippen LogP contribution in [-0.2, 0) is 15.7 Å². The second-order valence-corrected chi connectivity index (χ2v) is 6.79. The minimum Gasteiger partial charge on any atom is -0.465 e. The number of hydrogen-bond donors (Lipinski definition) is 1. The standard InChI is InChI=1S/C19H14ClF3N4O5/c1-8-4-12(19(21,22)23)27-15(24-8)13(20)14(26-27)16(28)25-11-6-9(17(29)31-2)5-10(7-11)18(30)32-3/h4-7H,1-3H3,(H,25,28). The lowest BCUT2D eigenvalue weighted by molar-refractivity contribution is -0.142. The van der Waals surface area contributed by atoms with Gasteiger partial charge in [0.1, 0.15) is 10.7 Å². The molecular formula is C19H14ClF3N4O5. The number of hydrogen-bond acceptors (Lipinski definition) is 7. The maximum Gasteiger partial charge on any atom is 0.433 e. The Balaban J connectivity index is 2.06. The first kappa shape index (κ1) is 23.0. The summed E-state index contributed by atoms with van der Waals surface area (Å²) in [6.07, 6.45) is -4.78. The monoisotopic (exact) mass is 470 g/mol. The van der Waals surface area contributed by atoms with E-state index in [-0.39, 0.29) is 28.2 Å². The second kappa shape index (κ2) is 8.46. The van der Waals surface area contributed by atoms with E-state index in [0.717, 1.165) is 20.3 Å². The Morgan fingerprint density at radius 1 is 1.03 bits per heavy atom. The van der Waals surface area contributed by atoms with Crippen molar-refractivity contribution in [2.24, 2.45) is 0 Å². The van der Waals surface area contributed by atoms with Crippen LogP contribution in [0, 0.1) is 6.92 Å². The van der Waals surface area contributed by atoms with Gasteiger partial charge < -0.3 is 14.8 Å². The number of esters is 2. The summed E-state index contributed by atoms with van der Waals surface area (Å²) in [6.45, 7) is 1.34. The lowest BCUT2D eigenvalue weighted by Gasteiger charge is -2.09. The number of anilines is 1. The Bertz CT molecular complexity index is 1220. The van der Waals surface area contributed by atoms with Gasteiger partial charge in [-0.25, -0.2) is 19.1 Å². The Hall–Kier alpha value is -3.67. The number of alkyl halides is 3. The van der Waals surface area contributed by atoms with Crippen LogP contribution in [-0.4, -0.2) is 46.7 Å². The summed E-state index contributed by atoms with van der Waals surface area (Å²) in [5.74, 6) is -2.60. The van der Waals surface area contributed by atoms with Crippen LogP contribution in [0.3, 0.4) is 0 Å². The molecule has 0 radical (unpaired) electrons. The Morgan fingerprint density at radius 3 is 2.09 bits per heavy atom. The number of ether oxygens (including phenoxy) is 2. The van der Waals surface area contributed by atoms with Gasteiger partial charge in [0.2, 0.25) is 0 Å². The van der Waals surface area contributed by atoms with Gasteiger partial charge in [0, 0.05) is 11.4 Å². The minimum absolute atomic E-state index is 0.0204. The topological polar surface area (TPSA) is 112 Å². The van der Waals surface area contributed by atoms with E-state index in [4.69, 9.17) is 11.6 Å². The normalized spacial score (nSPS) is 11.3. The Kier molecular flexibility index (Phi) is 6.08. The van der Waals surface area contributed by atoms with E-state index in [2.05, 4.69) is 24.9 Å². The molecule has 32 heavy (non-hydrogen) atoms. The molecule has 1 aromatic carbocycles. The van der Waals surface area contributed by atoms with Crippen molar-refractivity contribution in [3.8, 4) is 0 Å². The molecule has 0 saturated heterocycles. The predicted octanol–water partition coefficient (Wildman–Crippen LogP) is 3.54. The smallest absolute Gasteiger partial charge is 0.433 e. The number of nitrogens with zero attached hydrogens (tertiary/aromatic N) is 3. The zero-order chi connectivity index (χ0) is 23.8. The zero-order valence-corrected chi connectivity index (χ0v) is 17.5. The Labute approximate surface area is 183 Å². The molecule has 1 N–H and O–H groups in total. The summed E-state index contributed by atoms with van der Waals surface area (Å²) < 4.78 is 49.8. The molecule has 13 heteroatoms. The first-order chi connectivity index (χ1) is 15.0. The highest BCUT2D eigenvalue weighted by atomic mass is 35.5. The van der Waals surface area contributed by atoms with Crippen molar-refractivity contribution in [2.75, 3.05) is 19.5 Å². The first-order valence-electron chi connectivity index (χ1n) is 8.72. The van der Waals surface area contributed by atoms with Crippen molar-refractivity contribution in [3.05, 3.63) is 57.5 Å². The van der Waals surface area contributed by atoms with E-state index in [1.807, 2.05) is 0 Å². The van der Waals surface area contributed by atoms with Crippen molar-refractivity contribution in [2.45, 2.75) is 13.1 Å². The molecule has 0 atom stereocenters. The molecule has 168 valence electrons. The van der Waals surface area contributed by atoms with Gasteiger partial charge in [-0.05, 0) is 31.2 Å². The number of benzene rings is 1. The maximum absolute atomic E-state index is 13.4. The zero-order valence-electron chi connectivity index (χ0n) is 16.7. The molecule has 1 amide bonds. The molecule has 3 rings (SSSR count). The van der Waals surface area contributed by atoms with Crippen molar-refractivity contribution in [1.29, 1.82) is 0 Å². The predicted molar refractivity (Wildman–Crippen MR) is 105 cm³/mol. The van der Waals surface area contributed by atoms with Gasteiger partial charge in [0.25, 0.3) is 5.91 Å². The van der Waals surface area contributed by atoms with Gasteiger partial charge in [-0.1, -0.05) is 11.6 Å². The van der Waals surface area contributed by atoms with Crippen molar-refractivity contribution in [3.63, 3.8) is 0 Å². The van der Waals surface area contributed by atoms with Gasteiger partial charge in [-0.2, -0.15) is 18.3 Å². The van der Waals surface area contributed by atoms with E-state index in [9.17, 15) is 27.6 Å². The highest BCUT2D eigenvalue weighted by Gasteiger charge is 2.36.